The fourth-order valence-corrected chi connectivity index (χ4v) is 1.80. The average Bonchev–Trinajstić information content (AvgIpc) is 2.93. The van der Waals surface area contributed by atoms with E-state index in [2.05, 4.69) is 33.5 Å². The standard InChI is InChI=1S/C12H19N5O/c1-8(2)12(13)10-6-14-7-17(10)5-4-11-15-9(3)18-16-11/h6-8,12H,4-5,13H2,1-3H3. The molecular weight excluding hydrogens is 230 g/mol. The molecule has 0 bridgehead atoms. The summed E-state index contributed by atoms with van der Waals surface area (Å²) >= 11 is 0. The zero-order chi connectivity index (χ0) is 13.1. The van der Waals surface area contributed by atoms with Crippen LogP contribution in [0.15, 0.2) is 17.0 Å². The molecule has 2 heterocycles. The summed E-state index contributed by atoms with van der Waals surface area (Å²) in [6.07, 6.45) is 4.34. The summed E-state index contributed by atoms with van der Waals surface area (Å²) in [5.41, 5.74) is 7.19. The number of hydrogen-bond donors (Lipinski definition) is 1. The number of rotatable bonds is 5. The van der Waals surface area contributed by atoms with Gasteiger partial charge in [0.05, 0.1) is 12.0 Å². The van der Waals surface area contributed by atoms with Gasteiger partial charge in [-0.3, -0.25) is 0 Å². The first kappa shape index (κ1) is 12.8. The first-order valence-electron chi connectivity index (χ1n) is 6.12. The van der Waals surface area contributed by atoms with Gasteiger partial charge in [0.25, 0.3) is 0 Å². The van der Waals surface area contributed by atoms with E-state index in [0.29, 0.717) is 24.1 Å². The summed E-state index contributed by atoms with van der Waals surface area (Å²) in [6, 6.07) is -0.000459. The van der Waals surface area contributed by atoms with E-state index in [-0.39, 0.29) is 6.04 Å². The highest BCUT2D eigenvalue weighted by atomic mass is 16.5. The SMILES string of the molecule is Cc1nc(CCn2cncc2C(N)C(C)C)no1. The van der Waals surface area contributed by atoms with Crippen molar-refractivity contribution in [3.8, 4) is 0 Å². The Hall–Kier alpha value is -1.69. The van der Waals surface area contributed by atoms with Crippen LogP contribution in [-0.2, 0) is 13.0 Å². The maximum Gasteiger partial charge on any atom is 0.223 e. The van der Waals surface area contributed by atoms with E-state index >= 15 is 0 Å². The second-order valence-electron chi connectivity index (χ2n) is 4.76. The molecule has 2 N–H and O–H groups in total. The summed E-state index contributed by atoms with van der Waals surface area (Å²) in [5, 5.41) is 3.87. The molecule has 6 heteroatoms. The van der Waals surface area contributed by atoms with Crippen LogP contribution in [-0.4, -0.2) is 19.7 Å². The van der Waals surface area contributed by atoms with E-state index in [9.17, 15) is 0 Å². The summed E-state index contributed by atoms with van der Waals surface area (Å²) in [5.74, 6) is 1.69. The molecule has 0 radical (unpaired) electrons. The zero-order valence-electron chi connectivity index (χ0n) is 11.0. The molecule has 98 valence electrons. The number of aryl methyl sites for hydroxylation is 3. The number of nitrogens with zero attached hydrogens (tertiary/aromatic N) is 4. The van der Waals surface area contributed by atoms with Crippen molar-refractivity contribution in [2.45, 2.75) is 39.8 Å². The van der Waals surface area contributed by atoms with Crippen LogP contribution in [0.25, 0.3) is 0 Å². The van der Waals surface area contributed by atoms with E-state index in [0.717, 1.165) is 12.2 Å². The van der Waals surface area contributed by atoms with Gasteiger partial charge in [0, 0.05) is 32.1 Å². The lowest BCUT2D eigenvalue weighted by Crippen LogP contribution is -2.21. The van der Waals surface area contributed by atoms with Crippen molar-refractivity contribution < 1.29 is 4.52 Å². The lowest BCUT2D eigenvalue weighted by Gasteiger charge is -2.17. The first-order valence-corrected chi connectivity index (χ1v) is 6.12. The van der Waals surface area contributed by atoms with Crippen LogP contribution in [0.4, 0.5) is 0 Å². The van der Waals surface area contributed by atoms with Gasteiger partial charge in [-0.25, -0.2) is 4.98 Å². The maximum absolute atomic E-state index is 6.15. The van der Waals surface area contributed by atoms with Crippen molar-refractivity contribution in [3.63, 3.8) is 0 Å². The molecule has 18 heavy (non-hydrogen) atoms. The van der Waals surface area contributed by atoms with Crippen molar-refractivity contribution in [2.24, 2.45) is 11.7 Å². The van der Waals surface area contributed by atoms with Gasteiger partial charge < -0.3 is 14.8 Å². The Kier molecular flexibility index (Phi) is 3.76. The van der Waals surface area contributed by atoms with Crippen molar-refractivity contribution >= 4 is 0 Å². The third kappa shape index (κ3) is 2.76. The van der Waals surface area contributed by atoms with Gasteiger partial charge >= 0.3 is 0 Å². The average molecular weight is 249 g/mol. The molecule has 6 nitrogen and oxygen atoms in total. The van der Waals surface area contributed by atoms with E-state index in [1.165, 1.54) is 0 Å². The Labute approximate surface area is 106 Å². The quantitative estimate of drug-likeness (QED) is 0.867. The summed E-state index contributed by atoms with van der Waals surface area (Å²) in [6.45, 7) is 6.75. The van der Waals surface area contributed by atoms with Gasteiger partial charge in [-0.1, -0.05) is 19.0 Å². The molecule has 2 rings (SSSR count). The fraction of sp³-hybridized carbons (Fsp3) is 0.583. The molecule has 0 spiro atoms. The lowest BCUT2D eigenvalue weighted by molar-refractivity contribution is 0.385. The molecule has 0 aliphatic heterocycles. The summed E-state index contributed by atoms with van der Waals surface area (Å²) in [4.78, 5) is 8.34. The third-order valence-corrected chi connectivity index (χ3v) is 2.95. The number of nitrogens with two attached hydrogens (primary N) is 1. The van der Waals surface area contributed by atoms with Crippen LogP contribution in [0, 0.1) is 12.8 Å². The third-order valence-electron chi connectivity index (χ3n) is 2.95. The number of hydrogen-bond acceptors (Lipinski definition) is 5. The summed E-state index contributed by atoms with van der Waals surface area (Å²) in [7, 11) is 0. The van der Waals surface area contributed by atoms with Crippen molar-refractivity contribution in [3.05, 3.63) is 29.9 Å². The predicted octanol–water partition coefficient (Wildman–Crippen LogP) is 1.47. The van der Waals surface area contributed by atoms with Crippen LogP contribution in [0.1, 0.15) is 37.3 Å². The molecule has 0 fully saturated rings. The topological polar surface area (TPSA) is 82.8 Å². The monoisotopic (exact) mass is 249 g/mol. The maximum atomic E-state index is 6.15. The molecule has 0 aliphatic rings. The Bertz CT molecular complexity index is 502. The van der Waals surface area contributed by atoms with Crippen molar-refractivity contribution in [2.75, 3.05) is 0 Å². The van der Waals surface area contributed by atoms with E-state index in [4.69, 9.17) is 10.3 Å². The largest absolute Gasteiger partial charge is 0.340 e. The van der Waals surface area contributed by atoms with Crippen LogP contribution < -0.4 is 5.73 Å². The highest BCUT2D eigenvalue weighted by molar-refractivity contribution is 5.05. The Morgan fingerprint density at radius 2 is 2.22 bits per heavy atom. The lowest BCUT2D eigenvalue weighted by atomic mass is 10.0. The smallest absolute Gasteiger partial charge is 0.223 e. The number of aromatic nitrogens is 4. The second kappa shape index (κ2) is 5.30. The molecule has 1 unspecified atom stereocenters. The predicted molar refractivity (Wildman–Crippen MR) is 66.7 cm³/mol. The normalized spacial score (nSPS) is 13.2. The Morgan fingerprint density at radius 3 is 2.83 bits per heavy atom. The zero-order valence-corrected chi connectivity index (χ0v) is 11.0. The molecule has 0 saturated heterocycles. The van der Waals surface area contributed by atoms with Gasteiger partial charge in [0.2, 0.25) is 5.89 Å². The van der Waals surface area contributed by atoms with Gasteiger partial charge in [-0.15, -0.1) is 0 Å². The Balaban J connectivity index is 2.04. The molecule has 2 aromatic rings. The molecule has 2 aromatic heterocycles. The van der Waals surface area contributed by atoms with Gasteiger partial charge in [0.15, 0.2) is 5.82 Å². The van der Waals surface area contributed by atoms with E-state index in [1.54, 1.807) is 13.3 Å². The van der Waals surface area contributed by atoms with E-state index < -0.39 is 0 Å². The highest BCUT2D eigenvalue weighted by Gasteiger charge is 2.15. The van der Waals surface area contributed by atoms with Gasteiger partial charge in [-0.05, 0) is 5.92 Å². The molecular formula is C12H19N5O. The van der Waals surface area contributed by atoms with Crippen LogP contribution >= 0.6 is 0 Å². The van der Waals surface area contributed by atoms with Crippen molar-refractivity contribution in [1.29, 1.82) is 0 Å². The van der Waals surface area contributed by atoms with E-state index in [1.807, 2.05) is 6.20 Å². The van der Waals surface area contributed by atoms with Crippen LogP contribution in [0.2, 0.25) is 0 Å². The van der Waals surface area contributed by atoms with Gasteiger partial charge in [0.1, 0.15) is 0 Å². The molecule has 1 atom stereocenters. The van der Waals surface area contributed by atoms with Crippen LogP contribution in [0.5, 0.6) is 0 Å². The minimum Gasteiger partial charge on any atom is -0.340 e. The fourth-order valence-electron chi connectivity index (χ4n) is 1.80. The van der Waals surface area contributed by atoms with Gasteiger partial charge in [-0.2, -0.15) is 4.98 Å². The summed E-state index contributed by atoms with van der Waals surface area (Å²) < 4.78 is 6.99. The first-order chi connectivity index (χ1) is 8.58. The highest BCUT2D eigenvalue weighted by Crippen LogP contribution is 2.18. The van der Waals surface area contributed by atoms with Crippen molar-refractivity contribution in [1.82, 2.24) is 19.7 Å². The Morgan fingerprint density at radius 1 is 1.44 bits per heavy atom. The minimum absolute atomic E-state index is 0.000459. The number of imidazole rings is 1. The second-order valence-corrected chi connectivity index (χ2v) is 4.76. The van der Waals surface area contributed by atoms with Crippen LogP contribution in [0.3, 0.4) is 0 Å². The molecule has 0 aromatic carbocycles. The molecule has 0 saturated carbocycles. The molecule has 0 amide bonds. The minimum atomic E-state index is -0.000459. The molecule has 0 aliphatic carbocycles.